The molecule has 2 aliphatic rings. The molecule has 1 aromatic carbocycles. The van der Waals surface area contributed by atoms with Gasteiger partial charge in [-0.2, -0.15) is 0 Å². The quantitative estimate of drug-likeness (QED) is 0.612. The van der Waals surface area contributed by atoms with Crippen molar-refractivity contribution >= 4 is 45.1 Å². The summed E-state index contributed by atoms with van der Waals surface area (Å²) in [6.07, 6.45) is 0.907. The lowest BCUT2D eigenvalue weighted by molar-refractivity contribution is -0.140. The van der Waals surface area contributed by atoms with Gasteiger partial charge in [-0.05, 0) is 42.4 Å². The number of aliphatic imine (C=N–C) groups is 1. The molecule has 0 unspecified atom stereocenters. The standard InChI is InChI=1S/C15H14ClN3O2S/c1-9(20)21-18-15-13-12(7-8-19(13)2)14(22-15)17-11-5-3-10(16)4-6-11/h3-6H,7-8H2,1-2H3/b17-14?,18-15+. The first-order valence-corrected chi connectivity index (χ1v) is 7.97. The smallest absolute Gasteiger partial charge is 0.332 e. The maximum Gasteiger partial charge on any atom is 0.332 e. The summed E-state index contributed by atoms with van der Waals surface area (Å²) in [6.45, 7) is 2.24. The zero-order chi connectivity index (χ0) is 15.7. The molecule has 114 valence electrons. The Bertz CT molecular complexity index is 710. The number of carbonyl (C=O) groups is 1. The van der Waals surface area contributed by atoms with Crippen LogP contribution < -0.4 is 0 Å². The van der Waals surface area contributed by atoms with Gasteiger partial charge in [0.25, 0.3) is 0 Å². The maximum atomic E-state index is 11.0. The van der Waals surface area contributed by atoms with E-state index < -0.39 is 5.97 Å². The van der Waals surface area contributed by atoms with Crippen LogP contribution in [0.25, 0.3) is 0 Å². The normalized spacial score (nSPS) is 21.0. The van der Waals surface area contributed by atoms with Gasteiger partial charge in [-0.25, -0.2) is 9.79 Å². The number of carbonyl (C=O) groups excluding carboxylic acids is 1. The van der Waals surface area contributed by atoms with E-state index in [9.17, 15) is 4.79 Å². The van der Waals surface area contributed by atoms with Crippen molar-refractivity contribution in [2.45, 2.75) is 13.3 Å². The van der Waals surface area contributed by atoms with Crippen LogP contribution in [0.2, 0.25) is 5.02 Å². The Labute approximate surface area is 137 Å². The third-order valence-electron chi connectivity index (χ3n) is 3.33. The number of halogens is 1. The van der Waals surface area contributed by atoms with Crippen LogP contribution in [0.3, 0.4) is 0 Å². The van der Waals surface area contributed by atoms with Gasteiger partial charge in [0, 0.05) is 31.1 Å². The highest BCUT2D eigenvalue weighted by Gasteiger charge is 2.35. The Morgan fingerprint density at radius 1 is 1.32 bits per heavy atom. The minimum atomic E-state index is -0.431. The van der Waals surface area contributed by atoms with E-state index in [1.165, 1.54) is 18.7 Å². The van der Waals surface area contributed by atoms with Crippen molar-refractivity contribution in [3.05, 3.63) is 40.6 Å². The molecule has 2 aliphatic heterocycles. The topological polar surface area (TPSA) is 54.3 Å². The summed E-state index contributed by atoms with van der Waals surface area (Å²) in [5.41, 5.74) is 2.98. The van der Waals surface area contributed by atoms with Crippen molar-refractivity contribution in [2.75, 3.05) is 13.6 Å². The van der Waals surface area contributed by atoms with Crippen LogP contribution in [-0.2, 0) is 9.63 Å². The second kappa shape index (κ2) is 6.14. The van der Waals surface area contributed by atoms with Gasteiger partial charge in [0.05, 0.1) is 11.4 Å². The minimum absolute atomic E-state index is 0.431. The molecule has 0 amide bonds. The van der Waals surface area contributed by atoms with Gasteiger partial charge < -0.3 is 9.74 Å². The molecular weight excluding hydrogens is 322 g/mol. The van der Waals surface area contributed by atoms with E-state index in [0.717, 1.165) is 35.0 Å². The predicted molar refractivity (Wildman–Crippen MR) is 89.6 cm³/mol. The van der Waals surface area contributed by atoms with E-state index in [0.29, 0.717) is 10.1 Å². The SMILES string of the molecule is CC(=O)O/N=C1/SC(=Nc2ccc(Cl)cc2)C2=C1N(C)CC2. The zero-order valence-corrected chi connectivity index (χ0v) is 13.7. The number of oxime groups is 1. The Morgan fingerprint density at radius 2 is 2.05 bits per heavy atom. The van der Waals surface area contributed by atoms with Crippen LogP contribution in [0.1, 0.15) is 13.3 Å². The van der Waals surface area contributed by atoms with E-state index in [1.54, 1.807) is 0 Å². The molecule has 22 heavy (non-hydrogen) atoms. The number of nitrogens with zero attached hydrogens (tertiary/aromatic N) is 3. The minimum Gasteiger partial charge on any atom is -0.372 e. The highest BCUT2D eigenvalue weighted by molar-refractivity contribution is 8.28. The monoisotopic (exact) mass is 335 g/mol. The number of hydrogen-bond donors (Lipinski definition) is 0. The van der Waals surface area contributed by atoms with E-state index >= 15 is 0 Å². The number of rotatable bonds is 2. The Balaban J connectivity index is 1.94. The van der Waals surface area contributed by atoms with Crippen LogP contribution in [0.5, 0.6) is 0 Å². The lowest BCUT2D eigenvalue weighted by atomic mass is 10.2. The van der Waals surface area contributed by atoms with Gasteiger partial charge in [0.1, 0.15) is 5.04 Å². The fourth-order valence-corrected chi connectivity index (χ4v) is 3.57. The Kier molecular flexibility index (Phi) is 4.22. The molecule has 0 saturated heterocycles. The van der Waals surface area contributed by atoms with Crippen molar-refractivity contribution in [1.29, 1.82) is 0 Å². The van der Waals surface area contributed by atoms with Crippen LogP contribution in [-0.4, -0.2) is 34.5 Å². The average Bonchev–Trinajstić information content (AvgIpc) is 3.01. The molecular formula is C15H14ClN3O2S. The van der Waals surface area contributed by atoms with Gasteiger partial charge in [-0.15, -0.1) is 0 Å². The highest BCUT2D eigenvalue weighted by atomic mass is 35.5. The Morgan fingerprint density at radius 3 is 2.73 bits per heavy atom. The van der Waals surface area contributed by atoms with Gasteiger partial charge in [-0.3, -0.25) is 0 Å². The van der Waals surface area contributed by atoms with Crippen molar-refractivity contribution in [2.24, 2.45) is 10.1 Å². The molecule has 0 radical (unpaired) electrons. The average molecular weight is 336 g/mol. The zero-order valence-electron chi connectivity index (χ0n) is 12.2. The summed E-state index contributed by atoms with van der Waals surface area (Å²) in [5, 5.41) is 6.21. The molecule has 2 heterocycles. The first-order chi connectivity index (χ1) is 10.5. The van der Waals surface area contributed by atoms with Gasteiger partial charge in [0.15, 0.2) is 5.04 Å². The summed E-state index contributed by atoms with van der Waals surface area (Å²) in [6, 6.07) is 7.36. The van der Waals surface area contributed by atoms with Crippen LogP contribution in [0.15, 0.2) is 45.7 Å². The van der Waals surface area contributed by atoms with E-state index in [-0.39, 0.29) is 0 Å². The van der Waals surface area contributed by atoms with E-state index in [2.05, 4.69) is 15.0 Å². The predicted octanol–water partition coefficient (Wildman–Crippen LogP) is 3.58. The first-order valence-electron chi connectivity index (χ1n) is 6.77. The molecule has 0 aliphatic carbocycles. The van der Waals surface area contributed by atoms with Crippen LogP contribution >= 0.6 is 23.4 Å². The van der Waals surface area contributed by atoms with Crippen molar-refractivity contribution in [3.63, 3.8) is 0 Å². The third kappa shape index (κ3) is 3.03. The summed E-state index contributed by atoms with van der Waals surface area (Å²) < 4.78 is 0. The van der Waals surface area contributed by atoms with E-state index in [1.807, 2.05) is 31.3 Å². The van der Waals surface area contributed by atoms with Crippen LogP contribution in [0.4, 0.5) is 5.69 Å². The third-order valence-corrected chi connectivity index (χ3v) is 4.58. The second-order valence-corrected chi connectivity index (χ2v) is 6.39. The summed E-state index contributed by atoms with van der Waals surface area (Å²) in [4.78, 5) is 22.5. The van der Waals surface area contributed by atoms with Crippen molar-refractivity contribution in [3.8, 4) is 0 Å². The molecule has 0 fully saturated rings. The lowest BCUT2D eigenvalue weighted by Gasteiger charge is -2.13. The molecule has 3 rings (SSSR count). The molecule has 0 aromatic heterocycles. The number of benzene rings is 1. The Hall–Kier alpha value is -1.79. The molecule has 1 aromatic rings. The van der Waals surface area contributed by atoms with E-state index in [4.69, 9.17) is 16.4 Å². The molecule has 5 nitrogen and oxygen atoms in total. The van der Waals surface area contributed by atoms with Gasteiger partial charge in [0.2, 0.25) is 0 Å². The fourth-order valence-electron chi connectivity index (χ4n) is 2.33. The van der Waals surface area contributed by atoms with Crippen molar-refractivity contribution < 1.29 is 9.63 Å². The lowest BCUT2D eigenvalue weighted by Crippen LogP contribution is -2.17. The number of thioether (sulfide) groups is 1. The molecule has 0 bridgehead atoms. The largest absolute Gasteiger partial charge is 0.372 e. The summed E-state index contributed by atoms with van der Waals surface area (Å²) in [7, 11) is 2.00. The molecule has 7 heteroatoms. The van der Waals surface area contributed by atoms with Gasteiger partial charge >= 0.3 is 5.97 Å². The molecule has 0 atom stereocenters. The highest BCUT2D eigenvalue weighted by Crippen LogP contribution is 2.39. The number of hydrogen-bond acceptors (Lipinski definition) is 6. The first kappa shape index (κ1) is 15.1. The maximum absolute atomic E-state index is 11.0. The molecule has 0 saturated carbocycles. The second-order valence-electron chi connectivity index (χ2n) is 4.97. The van der Waals surface area contributed by atoms with Gasteiger partial charge in [-0.1, -0.05) is 16.8 Å². The van der Waals surface area contributed by atoms with Crippen LogP contribution in [0, 0.1) is 0 Å². The fraction of sp³-hybridized carbons (Fsp3) is 0.267. The van der Waals surface area contributed by atoms with Crippen molar-refractivity contribution in [1.82, 2.24) is 4.90 Å². The summed E-state index contributed by atoms with van der Waals surface area (Å²) in [5.74, 6) is -0.431. The summed E-state index contributed by atoms with van der Waals surface area (Å²) >= 11 is 7.31. The molecule has 0 spiro atoms. The molecule has 0 N–H and O–H groups in total.